The number of alkyl carbamates (subject to hydrolysis) is 1. The third-order valence-corrected chi connectivity index (χ3v) is 3.71. The topological polar surface area (TPSA) is 38.3 Å². The molecule has 0 spiro atoms. The summed E-state index contributed by atoms with van der Waals surface area (Å²) in [4.78, 5) is 11.5. The highest BCUT2D eigenvalue weighted by atomic mass is 127. The second-order valence-electron chi connectivity index (χ2n) is 4.16. The third kappa shape index (κ3) is 5.25. The molecule has 100 valence electrons. The van der Waals surface area contributed by atoms with E-state index in [1.807, 2.05) is 26.0 Å². The van der Waals surface area contributed by atoms with Gasteiger partial charge in [-0.25, -0.2) is 4.79 Å². The van der Waals surface area contributed by atoms with Crippen molar-refractivity contribution in [2.24, 2.45) is 0 Å². The number of hydrogen-bond donors (Lipinski definition) is 1. The average molecular weight is 361 g/mol. The van der Waals surface area contributed by atoms with Crippen LogP contribution >= 0.6 is 22.6 Å². The van der Waals surface area contributed by atoms with Gasteiger partial charge in [-0.05, 0) is 47.1 Å². The Morgan fingerprint density at radius 1 is 1.39 bits per heavy atom. The zero-order valence-electron chi connectivity index (χ0n) is 10.9. The molecule has 3 nitrogen and oxygen atoms in total. The summed E-state index contributed by atoms with van der Waals surface area (Å²) in [5.41, 5.74) is 1.23. The normalized spacial score (nSPS) is 11.9. The van der Waals surface area contributed by atoms with E-state index in [1.165, 1.54) is 9.13 Å². The number of benzene rings is 1. The van der Waals surface area contributed by atoms with E-state index in [0.29, 0.717) is 6.54 Å². The van der Waals surface area contributed by atoms with Gasteiger partial charge in [0.05, 0.1) is 0 Å². The molecule has 0 saturated carbocycles. The van der Waals surface area contributed by atoms with Crippen molar-refractivity contribution in [1.29, 1.82) is 0 Å². The van der Waals surface area contributed by atoms with Gasteiger partial charge in [-0.2, -0.15) is 0 Å². The molecule has 0 unspecified atom stereocenters. The standard InChI is InChI=1S/C14H20INO2/c1-3-9-16-14(17)18-12(4-2)10-11-7-5-6-8-13(11)15/h5-8,12H,3-4,9-10H2,1-2H3,(H,16,17)/t12-/m0/s1. The van der Waals surface area contributed by atoms with Gasteiger partial charge in [0.1, 0.15) is 6.10 Å². The predicted octanol–water partition coefficient (Wildman–Crippen LogP) is 3.75. The van der Waals surface area contributed by atoms with Crippen LogP contribution in [0.2, 0.25) is 0 Å². The van der Waals surface area contributed by atoms with Gasteiger partial charge in [0.25, 0.3) is 0 Å². The van der Waals surface area contributed by atoms with E-state index in [0.717, 1.165) is 19.3 Å². The second kappa shape index (κ2) is 8.34. The van der Waals surface area contributed by atoms with Crippen molar-refractivity contribution in [3.63, 3.8) is 0 Å². The summed E-state index contributed by atoms with van der Waals surface area (Å²) in [6.45, 7) is 4.72. The molecule has 1 N–H and O–H groups in total. The maximum atomic E-state index is 11.5. The number of halogens is 1. The van der Waals surface area contributed by atoms with Crippen LogP contribution in [0.4, 0.5) is 4.79 Å². The molecule has 1 aromatic rings. The minimum absolute atomic E-state index is 0.0576. The lowest BCUT2D eigenvalue weighted by Crippen LogP contribution is -2.30. The highest BCUT2D eigenvalue weighted by Gasteiger charge is 2.14. The third-order valence-electron chi connectivity index (χ3n) is 2.65. The summed E-state index contributed by atoms with van der Waals surface area (Å²) in [5.74, 6) is 0. The van der Waals surface area contributed by atoms with Crippen LogP contribution in [0, 0.1) is 3.57 Å². The van der Waals surface area contributed by atoms with Crippen molar-refractivity contribution < 1.29 is 9.53 Å². The first kappa shape index (κ1) is 15.3. The van der Waals surface area contributed by atoms with Crippen molar-refractivity contribution in [3.8, 4) is 0 Å². The average Bonchev–Trinajstić information content (AvgIpc) is 2.38. The lowest BCUT2D eigenvalue weighted by atomic mass is 10.1. The van der Waals surface area contributed by atoms with Crippen LogP contribution in [0.1, 0.15) is 32.3 Å². The molecule has 0 aliphatic heterocycles. The van der Waals surface area contributed by atoms with E-state index in [4.69, 9.17) is 4.74 Å². The molecular weight excluding hydrogens is 341 g/mol. The Kier molecular flexibility index (Phi) is 7.08. The van der Waals surface area contributed by atoms with Crippen LogP contribution in [-0.2, 0) is 11.2 Å². The monoisotopic (exact) mass is 361 g/mol. The summed E-state index contributed by atoms with van der Waals surface area (Å²) in [5, 5.41) is 2.73. The zero-order chi connectivity index (χ0) is 13.4. The number of nitrogens with one attached hydrogen (secondary N) is 1. The van der Waals surface area contributed by atoms with Gasteiger partial charge in [-0.15, -0.1) is 0 Å². The molecule has 18 heavy (non-hydrogen) atoms. The molecular formula is C14H20INO2. The molecule has 4 heteroatoms. The van der Waals surface area contributed by atoms with Gasteiger partial charge in [-0.3, -0.25) is 0 Å². The van der Waals surface area contributed by atoms with E-state index < -0.39 is 0 Å². The van der Waals surface area contributed by atoms with Crippen LogP contribution < -0.4 is 5.32 Å². The molecule has 0 heterocycles. The number of carbonyl (C=O) groups excluding carboxylic acids is 1. The first-order valence-corrected chi connectivity index (χ1v) is 7.43. The number of ether oxygens (including phenoxy) is 1. The summed E-state index contributed by atoms with van der Waals surface area (Å²) in [7, 11) is 0. The van der Waals surface area contributed by atoms with Gasteiger partial charge in [-0.1, -0.05) is 32.0 Å². The van der Waals surface area contributed by atoms with Crippen LogP contribution in [0.15, 0.2) is 24.3 Å². The fraction of sp³-hybridized carbons (Fsp3) is 0.500. The van der Waals surface area contributed by atoms with Crippen LogP contribution in [0.5, 0.6) is 0 Å². The minimum atomic E-state index is -0.311. The summed E-state index contributed by atoms with van der Waals surface area (Å²) >= 11 is 2.31. The van der Waals surface area contributed by atoms with Crippen molar-refractivity contribution in [3.05, 3.63) is 33.4 Å². The molecule has 1 rings (SSSR count). The lowest BCUT2D eigenvalue weighted by molar-refractivity contribution is 0.0952. The predicted molar refractivity (Wildman–Crippen MR) is 81.7 cm³/mol. The molecule has 0 saturated heterocycles. The number of carbonyl (C=O) groups is 1. The van der Waals surface area contributed by atoms with E-state index >= 15 is 0 Å². The smallest absolute Gasteiger partial charge is 0.407 e. The molecule has 0 fully saturated rings. The van der Waals surface area contributed by atoms with Crippen molar-refractivity contribution >= 4 is 28.7 Å². The molecule has 0 aliphatic rings. The second-order valence-corrected chi connectivity index (χ2v) is 5.32. The largest absolute Gasteiger partial charge is 0.446 e. The first-order valence-electron chi connectivity index (χ1n) is 6.35. The highest BCUT2D eigenvalue weighted by molar-refractivity contribution is 14.1. The molecule has 0 aromatic heterocycles. The van der Waals surface area contributed by atoms with Crippen molar-refractivity contribution in [2.75, 3.05) is 6.54 Å². The molecule has 1 atom stereocenters. The maximum absolute atomic E-state index is 11.5. The Balaban J connectivity index is 2.52. The van der Waals surface area contributed by atoms with Crippen molar-refractivity contribution in [2.45, 2.75) is 39.2 Å². The molecule has 1 aromatic carbocycles. The van der Waals surface area contributed by atoms with E-state index in [9.17, 15) is 4.79 Å². The number of hydrogen-bond acceptors (Lipinski definition) is 2. The van der Waals surface area contributed by atoms with E-state index in [2.05, 4.69) is 40.0 Å². The molecule has 1 amide bonds. The SMILES string of the molecule is CCCNC(=O)O[C@@H](CC)Cc1ccccc1I. The van der Waals surface area contributed by atoms with Crippen LogP contribution in [0.3, 0.4) is 0 Å². The Labute approximate surface area is 122 Å². The van der Waals surface area contributed by atoms with Gasteiger partial charge >= 0.3 is 6.09 Å². The van der Waals surface area contributed by atoms with Crippen LogP contribution in [0.25, 0.3) is 0 Å². The fourth-order valence-electron chi connectivity index (χ4n) is 1.60. The van der Waals surface area contributed by atoms with Gasteiger partial charge in [0, 0.05) is 16.5 Å². The van der Waals surface area contributed by atoms with Crippen LogP contribution in [-0.4, -0.2) is 18.7 Å². The summed E-state index contributed by atoms with van der Waals surface area (Å²) in [6, 6.07) is 8.18. The number of rotatable bonds is 6. The molecule has 0 radical (unpaired) electrons. The maximum Gasteiger partial charge on any atom is 0.407 e. The number of amides is 1. The Bertz CT molecular complexity index is 382. The molecule has 0 bridgehead atoms. The van der Waals surface area contributed by atoms with Gasteiger partial charge in [0.15, 0.2) is 0 Å². The first-order chi connectivity index (χ1) is 8.67. The van der Waals surface area contributed by atoms with E-state index in [-0.39, 0.29) is 12.2 Å². The Morgan fingerprint density at radius 2 is 2.11 bits per heavy atom. The zero-order valence-corrected chi connectivity index (χ0v) is 13.1. The molecule has 0 aliphatic carbocycles. The minimum Gasteiger partial charge on any atom is -0.446 e. The van der Waals surface area contributed by atoms with E-state index in [1.54, 1.807) is 0 Å². The quantitative estimate of drug-likeness (QED) is 0.784. The highest BCUT2D eigenvalue weighted by Crippen LogP contribution is 2.16. The lowest BCUT2D eigenvalue weighted by Gasteiger charge is -2.17. The van der Waals surface area contributed by atoms with Gasteiger partial charge in [0.2, 0.25) is 0 Å². The summed E-state index contributed by atoms with van der Waals surface area (Å²) in [6.07, 6.45) is 2.15. The fourth-order valence-corrected chi connectivity index (χ4v) is 2.21. The van der Waals surface area contributed by atoms with Gasteiger partial charge < -0.3 is 10.1 Å². The Hall–Kier alpha value is -0.780. The van der Waals surface area contributed by atoms with Crippen molar-refractivity contribution in [1.82, 2.24) is 5.32 Å². The summed E-state index contributed by atoms with van der Waals surface area (Å²) < 4.78 is 6.62. The Morgan fingerprint density at radius 3 is 2.72 bits per heavy atom.